The molecule has 0 aromatic rings. The summed E-state index contributed by atoms with van der Waals surface area (Å²) in [7, 11) is 2.03. The van der Waals surface area contributed by atoms with Crippen molar-refractivity contribution in [1.82, 2.24) is 10.2 Å². The van der Waals surface area contributed by atoms with Crippen LogP contribution in [0.5, 0.6) is 0 Å². The number of amides is 1. The minimum Gasteiger partial charge on any atom is -0.344 e. The Morgan fingerprint density at radius 3 is 2.56 bits per heavy atom. The van der Waals surface area contributed by atoms with Gasteiger partial charge in [-0.1, -0.05) is 31.6 Å². The Hall–Kier alpha value is -1.01. The van der Waals surface area contributed by atoms with E-state index in [0.717, 1.165) is 0 Å². The molecule has 1 saturated carbocycles. The van der Waals surface area contributed by atoms with Gasteiger partial charge in [0.15, 0.2) is 0 Å². The molecule has 3 nitrogen and oxygen atoms in total. The van der Waals surface area contributed by atoms with E-state index in [2.05, 4.69) is 16.1 Å². The Kier molecular flexibility index (Phi) is 5.95. The Bertz CT molecular complexity index is 249. The lowest BCUT2D eigenvalue weighted by atomic mass is 10.1. The highest BCUT2D eigenvalue weighted by Gasteiger charge is 2.18. The van der Waals surface area contributed by atoms with Crippen molar-refractivity contribution in [2.75, 3.05) is 20.1 Å². The number of nitrogens with one attached hydrogen (secondary N) is 1. The summed E-state index contributed by atoms with van der Waals surface area (Å²) in [6, 6.07) is 0.569. The molecule has 0 unspecified atom stereocenters. The average Bonchev–Trinajstić information content (AvgIpc) is 2.54. The van der Waals surface area contributed by atoms with Crippen LogP contribution in [0.25, 0.3) is 0 Å². The molecule has 16 heavy (non-hydrogen) atoms. The Morgan fingerprint density at radius 1 is 1.38 bits per heavy atom. The molecular weight excluding hydrogens is 200 g/mol. The predicted molar refractivity (Wildman–Crippen MR) is 66.0 cm³/mol. The van der Waals surface area contributed by atoms with E-state index in [1.54, 1.807) is 0 Å². The maximum Gasteiger partial charge on any atom is 0.234 e. The monoisotopic (exact) mass is 222 g/mol. The SMILES string of the molecule is C#CCNC(=O)CN(C)C1CCCCCC1. The minimum absolute atomic E-state index is 0.0321. The molecule has 0 aliphatic heterocycles. The van der Waals surface area contributed by atoms with Gasteiger partial charge in [-0.05, 0) is 19.9 Å². The normalized spacial score (nSPS) is 17.8. The van der Waals surface area contributed by atoms with Gasteiger partial charge < -0.3 is 5.32 Å². The van der Waals surface area contributed by atoms with Crippen molar-refractivity contribution in [1.29, 1.82) is 0 Å². The molecule has 1 rings (SSSR count). The third kappa shape index (κ3) is 4.67. The Morgan fingerprint density at radius 2 is 2.00 bits per heavy atom. The molecule has 1 aliphatic carbocycles. The van der Waals surface area contributed by atoms with E-state index in [1.165, 1.54) is 38.5 Å². The molecule has 0 aromatic carbocycles. The molecule has 0 saturated heterocycles. The number of likely N-dealkylation sites (N-methyl/N-ethyl adjacent to an activating group) is 1. The van der Waals surface area contributed by atoms with Gasteiger partial charge in [0, 0.05) is 6.04 Å². The topological polar surface area (TPSA) is 32.3 Å². The van der Waals surface area contributed by atoms with Crippen LogP contribution in [0.3, 0.4) is 0 Å². The van der Waals surface area contributed by atoms with Crippen molar-refractivity contribution < 1.29 is 4.79 Å². The van der Waals surface area contributed by atoms with Crippen molar-refractivity contribution in [3.63, 3.8) is 0 Å². The quantitative estimate of drug-likeness (QED) is 0.576. The Balaban J connectivity index is 2.29. The molecule has 3 heteroatoms. The molecule has 1 fully saturated rings. The molecule has 0 atom stereocenters. The largest absolute Gasteiger partial charge is 0.344 e. The van der Waals surface area contributed by atoms with Crippen molar-refractivity contribution >= 4 is 5.91 Å². The Labute approximate surface area is 98.6 Å². The number of nitrogens with zero attached hydrogens (tertiary/aromatic N) is 1. The summed E-state index contributed by atoms with van der Waals surface area (Å²) in [5.41, 5.74) is 0. The van der Waals surface area contributed by atoms with Crippen molar-refractivity contribution in [3.8, 4) is 12.3 Å². The third-order valence-corrected chi connectivity index (χ3v) is 3.23. The van der Waals surface area contributed by atoms with Crippen molar-refractivity contribution in [2.24, 2.45) is 0 Å². The van der Waals surface area contributed by atoms with E-state index >= 15 is 0 Å². The van der Waals surface area contributed by atoms with Crippen molar-refractivity contribution in [2.45, 2.75) is 44.6 Å². The van der Waals surface area contributed by atoms with Gasteiger partial charge in [0.05, 0.1) is 13.1 Å². The third-order valence-electron chi connectivity index (χ3n) is 3.23. The van der Waals surface area contributed by atoms with Crippen LogP contribution >= 0.6 is 0 Å². The van der Waals surface area contributed by atoms with Crippen molar-refractivity contribution in [3.05, 3.63) is 0 Å². The fourth-order valence-corrected chi connectivity index (χ4v) is 2.26. The minimum atomic E-state index is 0.0321. The summed E-state index contributed by atoms with van der Waals surface area (Å²) in [5.74, 6) is 2.44. The average molecular weight is 222 g/mol. The zero-order valence-electron chi connectivity index (χ0n) is 10.2. The number of carbonyl (C=O) groups excluding carboxylic acids is 1. The summed E-state index contributed by atoms with van der Waals surface area (Å²) in [5, 5.41) is 2.70. The number of hydrogen-bond acceptors (Lipinski definition) is 2. The molecule has 1 N–H and O–H groups in total. The standard InChI is InChI=1S/C13H22N2O/c1-3-10-14-13(16)11-15(2)12-8-6-4-5-7-9-12/h1,12H,4-11H2,2H3,(H,14,16). The highest BCUT2D eigenvalue weighted by Crippen LogP contribution is 2.20. The summed E-state index contributed by atoms with van der Waals surface area (Å²) >= 11 is 0. The smallest absolute Gasteiger partial charge is 0.234 e. The highest BCUT2D eigenvalue weighted by molar-refractivity contribution is 5.78. The number of terminal acetylenes is 1. The number of hydrogen-bond donors (Lipinski definition) is 1. The van der Waals surface area contributed by atoms with Crippen LogP contribution in [0, 0.1) is 12.3 Å². The lowest BCUT2D eigenvalue weighted by Gasteiger charge is -2.26. The molecule has 0 heterocycles. The van der Waals surface area contributed by atoms with Gasteiger partial charge >= 0.3 is 0 Å². The van der Waals surface area contributed by atoms with Crippen LogP contribution in [-0.4, -0.2) is 37.0 Å². The summed E-state index contributed by atoms with van der Waals surface area (Å²) in [6.45, 7) is 0.795. The first kappa shape index (κ1) is 13.1. The molecule has 0 radical (unpaired) electrons. The number of rotatable bonds is 4. The summed E-state index contributed by atoms with van der Waals surface area (Å²) in [4.78, 5) is 13.7. The fourth-order valence-electron chi connectivity index (χ4n) is 2.26. The number of carbonyl (C=O) groups is 1. The van der Waals surface area contributed by atoms with Gasteiger partial charge in [0.2, 0.25) is 5.91 Å². The van der Waals surface area contributed by atoms with E-state index in [1.807, 2.05) is 7.05 Å². The van der Waals surface area contributed by atoms with Gasteiger partial charge in [0.25, 0.3) is 0 Å². The molecule has 0 aromatic heterocycles. The van der Waals surface area contributed by atoms with Gasteiger partial charge in [-0.25, -0.2) is 0 Å². The first-order valence-corrected chi connectivity index (χ1v) is 6.14. The second kappa shape index (κ2) is 7.29. The van der Waals surface area contributed by atoms with Crippen LogP contribution in [0.1, 0.15) is 38.5 Å². The highest BCUT2D eigenvalue weighted by atomic mass is 16.2. The van der Waals surface area contributed by atoms with Crippen LogP contribution in [0.15, 0.2) is 0 Å². The summed E-state index contributed by atoms with van der Waals surface area (Å²) < 4.78 is 0. The molecule has 90 valence electrons. The zero-order valence-corrected chi connectivity index (χ0v) is 10.2. The maximum absolute atomic E-state index is 11.5. The van der Waals surface area contributed by atoms with E-state index in [-0.39, 0.29) is 5.91 Å². The molecule has 1 amide bonds. The lowest BCUT2D eigenvalue weighted by molar-refractivity contribution is -0.122. The van der Waals surface area contributed by atoms with Gasteiger partial charge in [-0.3, -0.25) is 9.69 Å². The van der Waals surface area contributed by atoms with Gasteiger partial charge in [-0.2, -0.15) is 0 Å². The molecule has 0 bridgehead atoms. The van der Waals surface area contributed by atoms with Crippen LogP contribution in [0.4, 0.5) is 0 Å². The summed E-state index contributed by atoms with van der Waals surface area (Å²) in [6.07, 6.45) is 12.8. The van der Waals surface area contributed by atoms with E-state index < -0.39 is 0 Å². The second-order valence-electron chi connectivity index (χ2n) is 4.54. The van der Waals surface area contributed by atoms with E-state index in [4.69, 9.17) is 6.42 Å². The van der Waals surface area contributed by atoms with Crippen LogP contribution in [-0.2, 0) is 4.79 Å². The lowest BCUT2D eigenvalue weighted by Crippen LogP contribution is -2.40. The van der Waals surface area contributed by atoms with Crippen LogP contribution in [0.2, 0.25) is 0 Å². The van der Waals surface area contributed by atoms with Gasteiger partial charge in [0.1, 0.15) is 0 Å². The zero-order chi connectivity index (χ0) is 11.8. The molecular formula is C13H22N2O. The van der Waals surface area contributed by atoms with E-state index in [9.17, 15) is 4.79 Å². The van der Waals surface area contributed by atoms with Crippen LogP contribution < -0.4 is 5.32 Å². The fraction of sp³-hybridized carbons (Fsp3) is 0.769. The maximum atomic E-state index is 11.5. The molecule has 1 aliphatic rings. The first-order chi connectivity index (χ1) is 7.74. The predicted octanol–water partition coefficient (Wildman–Crippen LogP) is 1.39. The molecule has 0 spiro atoms. The van der Waals surface area contributed by atoms with E-state index in [0.29, 0.717) is 19.1 Å². The second-order valence-corrected chi connectivity index (χ2v) is 4.54. The van der Waals surface area contributed by atoms with Gasteiger partial charge in [-0.15, -0.1) is 6.42 Å². The first-order valence-electron chi connectivity index (χ1n) is 6.14.